The van der Waals surface area contributed by atoms with Gasteiger partial charge in [-0.25, -0.2) is 9.59 Å². The van der Waals surface area contributed by atoms with Crippen LogP contribution in [0.5, 0.6) is 0 Å². The van der Waals surface area contributed by atoms with Crippen molar-refractivity contribution in [3.05, 3.63) is 0 Å². The minimum atomic E-state index is -0.991. The molecule has 0 bridgehead atoms. The van der Waals surface area contributed by atoms with Gasteiger partial charge in [-0.15, -0.1) is 0 Å². The van der Waals surface area contributed by atoms with Crippen LogP contribution < -0.4 is 0 Å². The second-order valence-electron chi connectivity index (χ2n) is 3.27. The van der Waals surface area contributed by atoms with Crippen molar-refractivity contribution >= 4 is 11.9 Å². The summed E-state index contributed by atoms with van der Waals surface area (Å²) in [6, 6.07) is 0. The summed E-state index contributed by atoms with van der Waals surface area (Å²) >= 11 is 0. The van der Waals surface area contributed by atoms with Crippen LogP contribution in [0.25, 0.3) is 0 Å². The average molecular weight is 250 g/mol. The number of hydrogen-bond donors (Lipinski definition) is 2. The maximum absolute atomic E-state index is 10.4. The first-order valence-electron chi connectivity index (χ1n) is 5.56. The SMILES string of the molecule is CCCOC(=O)C(C)O.CCOC(=O)C(C)O. The molecule has 6 heteroatoms. The Balaban J connectivity index is 0. The lowest BCUT2D eigenvalue weighted by Gasteiger charge is -2.03. The zero-order valence-electron chi connectivity index (χ0n) is 10.8. The largest absolute Gasteiger partial charge is 0.464 e. The van der Waals surface area contributed by atoms with Crippen LogP contribution in [-0.4, -0.2) is 47.6 Å². The van der Waals surface area contributed by atoms with Crippen LogP contribution in [0.15, 0.2) is 0 Å². The van der Waals surface area contributed by atoms with E-state index in [4.69, 9.17) is 10.2 Å². The molecule has 0 amide bonds. The molecule has 0 saturated carbocycles. The van der Waals surface area contributed by atoms with Gasteiger partial charge >= 0.3 is 11.9 Å². The Bertz CT molecular complexity index is 212. The van der Waals surface area contributed by atoms with Crippen LogP contribution in [0.4, 0.5) is 0 Å². The molecule has 17 heavy (non-hydrogen) atoms. The summed E-state index contributed by atoms with van der Waals surface area (Å²) < 4.78 is 8.98. The van der Waals surface area contributed by atoms with Crippen LogP contribution >= 0.6 is 0 Å². The Morgan fingerprint density at radius 2 is 1.41 bits per heavy atom. The van der Waals surface area contributed by atoms with Crippen molar-refractivity contribution < 1.29 is 29.3 Å². The highest BCUT2D eigenvalue weighted by Crippen LogP contribution is 1.87. The van der Waals surface area contributed by atoms with E-state index in [1.807, 2.05) is 6.92 Å². The quantitative estimate of drug-likeness (QED) is 0.679. The number of carbonyl (C=O) groups is 2. The van der Waals surface area contributed by atoms with Crippen LogP contribution in [0.3, 0.4) is 0 Å². The number of aliphatic hydroxyl groups excluding tert-OH is 2. The van der Waals surface area contributed by atoms with Gasteiger partial charge in [0.2, 0.25) is 0 Å². The first-order chi connectivity index (χ1) is 7.86. The fourth-order valence-electron chi connectivity index (χ4n) is 0.586. The minimum absolute atomic E-state index is 0.323. The van der Waals surface area contributed by atoms with Gasteiger partial charge in [-0.3, -0.25) is 0 Å². The molecular formula is C11H22O6. The normalized spacial score (nSPS) is 12.8. The summed E-state index contributed by atoms with van der Waals surface area (Å²) in [6.45, 7) is 7.07. The number of ether oxygens (including phenoxy) is 2. The summed E-state index contributed by atoms with van der Waals surface area (Å²) in [7, 11) is 0. The molecular weight excluding hydrogens is 228 g/mol. The van der Waals surface area contributed by atoms with Gasteiger partial charge < -0.3 is 19.7 Å². The van der Waals surface area contributed by atoms with E-state index >= 15 is 0 Å². The summed E-state index contributed by atoms with van der Waals surface area (Å²) in [6.07, 6.45) is -1.19. The van der Waals surface area contributed by atoms with E-state index in [1.165, 1.54) is 13.8 Å². The van der Waals surface area contributed by atoms with Crippen LogP contribution in [-0.2, 0) is 19.1 Å². The third-order valence-corrected chi connectivity index (χ3v) is 1.42. The van der Waals surface area contributed by atoms with E-state index < -0.39 is 24.1 Å². The molecule has 102 valence electrons. The monoisotopic (exact) mass is 250 g/mol. The van der Waals surface area contributed by atoms with Crippen molar-refractivity contribution in [2.75, 3.05) is 13.2 Å². The molecule has 6 nitrogen and oxygen atoms in total. The summed E-state index contributed by atoms with van der Waals surface area (Å²) in [5.74, 6) is -1.11. The summed E-state index contributed by atoms with van der Waals surface area (Å²) in [5, 5.41) is 17.1. The number of rotatable bonds is 5. The Morgan fingerprint density at radius 1 is 1.00 bits per heavy atom. The second kappa shape index (κ2) is 11.3. The number of carbonyl (C=O) groups excluding carboxylic acids is 2. The van der Waals surface area contributed by atoms with Gasteiger partial charge in [0.15, 0.2) is 0 Å². The number of hydrogen-bond acceptors (Lipinski definition) is 6. The predicted octanol–water partition coefficient (Wildman–Crippen LogP) is 0.251. The van der Waals surface area contributed by atoms with Gasteiger partial charge in [-0.05, 0) is 27.2 Å². The van der Waals surface area contributed by atoms with Gasteiger partial charge in [0, 0.05) is 0 Å². The maximum atomic E-state index is 10.4. The second-order valence-corrected chi connectivity index (χ2v) is 3.27. The highest BCUT2D eigenvalue weighted by molar-refractivity contribution is 5.74. The minimum Gasteiger partial charge on any atom is -0.464 e. The van der Waals surface area contributed by atoms with Crippen LogP contribution in [0.1, 0.15) is 34.1 Å². The lowest BCUT2D eigenvalue weighted by Crippen LogP contribution is -2.19. The third kappa shape index (κ3) is 12.8. The molecule has 0 aromatic heterocycles. The highest BCUT2D eigenvalue weighted by atomic mass is 16.5. The predicted molar refractivity (Wildman–Crippen MR) is 61.2 cm³/mol. The Labute approximate surface area is 102 Å². The van der Waals surface area contributed by atoms with Crippen molar-refractivity contribution in [3.8, 4) is 0 Å². The lowest BCUT2D eigenvalue weighted by molar-refractivity contribution is -0.152. The van der Waals surface area contributed by atoms with Gasteiger partial charge in [-0.2, -0.15) is 0 Å². The Kier molecular flexibility index (Phi) is 12.2. The molecule has 0 fully saturated rings. The summed E-state index contributed by atoms with van der Waals surface area (Å²) in [4.78, 5) is 20.7. The van der Waals surface area contributed by atoms with E-state index in [0.717, 1.165) is 6.42 Å². The van der Waals surface area contributed by atoms with Gasteiger partial charge in [0.25, 0.3) is 0 Å². The lowest BCUT2D eigenvalue weighted by atomic mass is 10.4. The fourth-order valence-corrected chi connectivity index (χ4v) is 0.586. The Morgan fingerprint density at radius 3 is 1.65 bits per heavy atom. The van der Waals surface area contributed by atoms with Crippen molar-refractivity contribution in [2.45, 2.75) is 46.3 Å². The molecule has 0 rings (SSSR count). The smallest absolute Gasteiger partial charge is 0.334 e. The van der Waals surface area contributed by atoms with Crippen molar-refractivity contribution in [2.24, 2.45) is 0 Å². The Hall–Kier alpha value is -1.14. The molecule has 0 aliphatic heterocycles. The van der Waals surface area contributed by atoms with E-state index in [-0.39, 0.29) is 0 Å². The number of esters is 2. The van der Waals surface area contributed by atoms with Crippen molar-refractivity contribution in [3.63, 3.8) is 0 Å². The first-order valence-corrected chi connectivity index (χ1v) is 5.56. The molecule has 2 atom stereocenters. The van der Waals surface area contributed by atoms with Gasteiger partial charge in [-0.1, -0.05) is 6.92 Å². The number of aliphatic hydroxyl groups is 2. The molecule has 0 spiro atoms. The van der Waals surface area contributed by atoms with Crippen molar-refractivity contribution in [1.29, 1.82) is 0 Å². The third-order valence-electron chi connectivity index (χ3n) is 1.42. The average Bonchev–Trinajstić information content (AvgIpc) is 2.26. The van der Waals surface area contributed by atoms with E-state index in [0.29, 0.717) is 13.2 Å². The van der Waals surface area contributed by atoms with Gasteiger partial charge in [0.05, 0.1) is 13.2 Å². The summed E-state index contributed by atoms with van der Waals surface area (Å²) in [5.41, 5.74) is 0. The molecule has 0 heterocycles. The molecule has 0 aliphatic rings. The zero-order valence-corrected chi connectivity index (χ0v) is 10.8. The molecule has 0 aromatic carbocycles. The molecule has 2 N–H and O–H groups in total. The van der Waals surface area contributed by atoms with Gasteiger partial charge in [0.1, 0.15) is 12.2 Å². The van der Waals surface area contributed by atoms with E-state index in [9.17, 15) is 9.59 Å². The topological polar surface area (TPSA) is 93.1 Å². The molecule has 2 unspecified atom stereocenters. The first kappa shape index (κ1) is 18.2. The van der Waals surface area contributed by atoms with E-state index in [2.05, 4.69) is 9.47 Å². The van der Waals surface area contributed by atoms with E-state index in [1.54, 1.807) is 6.92 Å². The molecule has 0 radical (unpaired) electrons. The molecule has 0 saturated heterocycles. The fraction of sp³-hybridized carbons (Fsp3) is 0.818. The van der Waals surface area contributed by atoms with Crippen LogP contribution in [0.2, 0.25) is 0 Å². The maximum Gasteiger partial charge on any atom is 0.334 e. The molecule has 0 aliphatic carbocycles. The van der Waals surface area contributed by atoms with Crippen LogP contribution in [0, 0.1) is 0 Å². The zero-order chi connectivity index (χ0) is 13.8. The highest BCUT2D eigenvalue weighted by Gasteiger charge is 2.08. The van der Waals surface area contributed by atoms with Crippen molar-refractivity contribution in [1.82, 2.24) is 0 Å². The standard InChI is InChI=1S/C6H12O3.C5H10O3/c1-3-4-9-6(8)5(2)7;1-3-8-5(7)4(2)6/h5,7H,3-4H2,1-2H3;4,6H,3H2,1-2H3. The molecule has 0 aromatic rings.